The van der Waals surface area contributed by atoms with Crippen LogP contribution in [0.4, 0.5) is 5.69 Å². The molecule has 1 aliphatic rings. The third-order valence-electron chi connectivity index (χ3n) is 3.74. The molecule has 3 nitrogen and oxygen atoms in total. The highest BCUT2D eigenvalue weighted by Gasteiger charge is 2.12. The van der Waals surface area contributed by atoms with Crippen LogP contribution in [0.3, 0.4) is 0 Å². The number of hydrogen-bond donors (Lipinski definition) is 1. The van der Waals surface area contributed by atoms with Crippen molar-refractivity contribution in [3.05, 3.63) is 29.8 Å². The molecule has 0 bridgehead atoms. The summed E-state index contributed by atoms with van der Waals surface area (Å²) in [6, 6.07) is 8.78. The van der Waals surface area contributed by atoms with Crippen molar-refractivity contribution in [3.63, 3.8) is 0 Å². The highest BCUT2D eigenvalue weighted by atomic mass is 16.5. The lowest BCUT2D eigenvalue weighted by atomic mass is 10.1. The Hall–Kier alpha value is -1.06. The first-order chi connectivity index (χ1) is 9.42. The highest BCUT2D eigenvalue weighted by Crippen LogP contribution is 2.23. The van der Waals surface area contributed by atoms with Crippen molar-refractivity contribution in [1.29, 1.82) is 0 Å². The lowest BCUT2D eigenvalue weighted by Gasteiger charge is -2.25. The van der Waals surface area contributed by atoms with Crippen LogP contribution in [0.2, 0.25) is 0 Å². The van der Waals surface area contributed by atoms with Crippen LogP contribution in [-0.4, -0.2) is 33.4 Å². The predicted octanol–water partition coefficient (Wildman–Crippen LogP) is 2.80. The summed E-state index contributed by atoms with van der Waals surface area (Å²) in [4.78, 5) is 2.56. The molecule has 2 rings (SSSR count). The number of para-hydroxylation sites is 1. The van der Waals surface area contributed by atoms with Gasteiger partial charge in [-0.25, -0.2) is 0 Å². The lowest BCUT2D eigenvalue weighted by molar-refractivity contribution is 0.199. The summed E-state index contributed by atoms with van der Waals surface area (Å²) in [6.45, 7) is 5.01. The van der Waals surface area contributed by atoms with Crippen LogP contribution in [-0.2, 0) is 11.3 Å². The van der Waals surface area contributed by atoms with Crippen molar-refractivity contribution in [2.45, 2.75) is 32.2 Å². The van der Waals surface area contributed by atoms with Crippen LogP contribution < -0.4 is 10.2 Å². The molecule has 0 aromatic heterocycles. The van der Waals surface area contributed by atoms with Crippen molar-refractivity contribution >= 4 is 5.69 Å². The number of methoxy groups -OCH3 is 1. The summed E-state index contributed by atoms with van der Waals surface area (Å²) in [5.41, 5.74) is 2.81. The fourth-order valence-corrected chi connectivity index (χ4v) is 2.68. The van der Waals surface area contributed by atoms with Gasteiger partial charge in [-0.3, -0.25) is 0 Å². The van der Waals surface area contributed by atoms with E-state index in [-0.39, 0.29) is 0 Å². The molecule has 0 aliphatic carbocycles. The second kappa shape index (κ2) is 8.18. The number of rotatable bonds is 6. The van der Waals surface area contributed by atoms with E-state index in [1.54, 1.807) is 7.11 Å². The van der Waals surface area contributed by atoms with Gasteiger partial charge < -0.3 is 15.0 Å². The van der Waals surface area contributed by atoms with Crippen LogP contribution in [0.5, 0.6) is 0 Å². The number of anilines is 1. The van der Waals surface area contributed by atoms with Gasteiger partial charge in [0.15, 0.2) is 0 Å². The maximum atomic E-state index is 5.07. The Morgan fingerprint density at radius 1 is 1.11 bits per heavy atom. The van der Waals surface area contributed by atoms with Crippen LogP contribution in [0.25, 0.3) is 0 Å². The molecular weight excluding hydrogens is 236 g/mol. The summed E-state index contributed by atoms with van der Waals surface area (Å²) in [5, 5.41) is 3.45. The summed E-state index contributed by atoms with van der Waals surface area (Å²) >= 11 is 0. The minimum atomic E-state index is 0.770. The molecule has 1 fully saturated rings. The summed E-state index contributed by atoms with van der Waals surface area (Å²) < 4.78 is 5.07. The standard InChI is InChI=1S/C16H26N2O/c1-19-13-10-17-14-15-8-4-5-9-16(15)18-11-6-2-3-7-12-18/h4-5,8-9,17H,2-3,6-7,10-14H2,1H3. The zero-order chi connectivity index (χ0) is 13.3. The van der Waals surface area contributed by atoms with Gasteiger partial charge >= 0.3 is 0 Å². The Bertz CT molecular complexity index is 360. The van der Waals surface area contributed by atoms with Gasteiger partial charge in [-0.05, 0) is 24.5 Å². The molecule has 1 saturated heterocycles. The molecule has 1 N–H and O–H groups in total. The van der Waals surface area contributed by atoms with Gasteiger partial charge in [0, 0.05) is 39.0 Å². The van der Waals surface area contributed by atoms with Crippen molar-refractivity contribution < 1.29 is 4.74 Å². The maximum absolute atomic E-state index is 5.07. The molecule has 19 heavy (non-hydrogen) atoms. The summed E-state index contributed by atoms with van der Waals surface area (Å²) in [5.74, 6) is 0. The third kappa shape index (κ3) is 4.51. The monoisotopic (exact) mass is 262 g/mol. The molecule has 106 valence electrons. The van der Waals surface area contributed by atoms with Crippen LogP contribution in [0.1, 0.15) is 31.2 Å². The van der Waals surface area contributed by atoms with Crippen LogP contribution >= 0.6 is 0 Å². The van der Waals surface area contributed by atoms with Crippen molar-refractivity contribution in [3.8, 4) is 0 Å². The van der Waals surface area contributed by atoms with Gasteiger partial charge in [-0.15, -0.1) is 0 Å². The molecule has 0 radical (unpaired) electrons. The quantitative estimate of drug-likeness (QED) is 0.798. The molecular formula is C16H26N2O. The maximum Gasteiger partial charge on any atom is 0.0587 e. The van der Waals surface area contributed by atoms with Gasteiger partial charge in [-0.1, -0.05) is 31.0 Å². The minimum absolute atomic E-state index is 0.770. The molecule has 1 aliphatic heterocycles. The van der Waals surface area contributed by atoms with E-state index in [0.717, 1.165) is 19.7 Å². The van der Waals surface area contributed by atoms with E-state index < -0.39 is 0 Å². The highest BCUT2D eigenvalue weighted by molar-refractivity contribution is 5.53. The first kappa shape index (κ1) is 14.4. The Morgan fingerprint density at radius 2 is 1.84 bits per heavy atom. The van der Waals surface area contributed by atoms with E-state index in [1.807, 2.05) is 0 Å². The first-order valence-corrected chi connectivity index (χ1v) is 7.44. The predicted molar refractivity (Wildman–Crippen MR) is 80.7 cm³/mol. The largest absolute Gasteiger partial charge is 0.383 e. The molecule has 1 heterocycles. The lowest BCUT2D eigenvalue weighted by Crippen LogP contribution is -2.26. The number of ether oxygens (including phenoxy) is 1. The normalized spacial score (nSPS) is 16.4. The van der Waals surface area contributed by atoms with E-state index in [0.29, 0.717) is 0 Å². The number of benzene rings is 1. The van der Waals surface area contributed by atoms with Gasteiger partial charge in [0.2, 0.25) is 0 Å². The van der Waals surface area contributed by atoms with E-state index in [2.05, 4.69) is 34.5 Å². The molecule has 0 amide bonds. The Balaban J connectivity index is 1.98. The SMILES string of the molecule is COCCNCc1ccccc1N1CCCCCC1. The van der Waals surface area contributed by atoms with Crippen LogP contribution in [0, 0.1) is 0 Å². The minimum Gasteiger partial charge on any atom is -0.383 e. The molecule has 0 spiro atoms. The Morgan fingerprint density at radius 3 is 2.58 bits per heavy atom. The van der Waals surface area contributed by atoms with E-state index in [1.165, 1.54) is 50.0 Å². The zero-order valence-corrected chi connectivity index (χ0v) is 12.0. The van der Waals surface area contributed by atoms with Crippen molar-refractivity contribution in [1.82, 2.24) is 5.32 Å². The number of hydrogen-bond acceptors (Lipinski definition) is 3. The Kier molecular flexibility index (Phi) is 6.18. The molecule has 0 unspecified atom stereocenters. The number of nitrogens with one attached hydrogen (secondary N) is 1. The molecule has 0 saturated carbocycles. The van der Waals surface area contributed by atoms with Gasteiger partial charge in [-0.2, -0.15) is 0 Å². The first-order valence-electron chi connectivity index (χ1n) is 7.44. The number of nitrogens with zero attached hydrogens (tertiary/aromatic N) is 1. The van der Waals surface area contributed by atoms with E-state index >= 15 is 0 Å². The molecule has 0 atom stereocenters. The zero-order valence-electron chi connectivity index (χ0n) is 12.0. The van der Waals surface area contributed by atoms with Gasteiger partial charge in [0.05, 0.1) is 6.61 Å². The molecule has 3 heteroatoms. The van der Waals surface area contributed by atoms with Crippen molar-refractivity contribution in [2.24, 2.45) is 0 Å². The second-order valence-corrected chi connectivity index (χ2v) is 5.20. The van der Waals surface area contributed by atoms with E-state index in [9.17, 15) is 0 Å². The van der Waals surface area contributed by atoms with Gasteiger partial charge in [0.1, 0.15) is 0 Å². The fourth-order valence-electron chi connectivity index (χ4n) is 2.68. The molecule has 1 aromatic carbocycles. The van der Waals surface area contributed by atoms with Gasteiger partial charge in [0.25, 0.3) is 0 Å². The third-order valence-corrected chi connectivity index (χ3v) is 3.74. The average molecular weight is 262 g/mol. The Labute approximate surface area is 116 Å². The summed E-state index contributed by atoms with van der Waals surface area (Å²) in [6.07, 6.45) is 5.41. The molecule has 1 aromatic rings. The van der Waals surface area contributed by atoms with Crippen LogP contribution in [0.15, 0.2) is 24.3 Å². The van der Waals surface area contributed by atoms with Crippen molar-refractivity contribution in [2.75, 3.05) is 38.3 Å². The van der Waals surface area contributed by atoms with E-state index in [4.69, 9.17) is 4.74 Å². The smallest absolute Gasteiger partial charge is 0.0587 e. The summed E-state index contributed by atoms with van der Waals surface area (Å²) in [7, 11) is 1.74. The average Bonchev–Trinajstić information content (AvgIpc) is 2.73. The topological polar surface area (TPSA) is 24.5 Å². The fraction of sp³-hybridized carbons (Fsp3) is 0.625. The second-order valence-electron chi connectivity index (χ2n) is 5.20.